The third-order valence-corrected chi connectivity index (χ3v) is 7.60. The normalized spacial score (nSPS) is 24.7. The smallest absolute Gasteiger partial charge is 0.323 e. The van der Waals surface area contributed by atoms with Crippen molar-refractivity contribution in [2.45, 2.75) is 122 Å². The highest BCUT2D eigenvalue weighted by molar-refractivity contribution is 5.83. The van der Waals surface area contributed by atoms with Crippen molar-refractivity contribution >= 4 is 23.9 Å². The van der Waals surface area contributed by atoms with Crippen molar-refractivity contribution in [1.29, 1.82) is 0 Å². The van der Waals surface area contributed by atoms with Crippen LogP contribution in [0.25, 0.3) is 0 Å². The van der Waals surface area contributed by atoms with Gasteiger partial charge in [0.2, 0.25) is 0 Å². The molecule has 6 unspecified atom stereocenters. The minimum absolute atomic E-state index is 0.0305. The van der Waals surface area contributed by atoms with Gasteiger partial charge in [-0.15, -0.1) is 0 Å². The summed E-state index contributed by atoms with van der Waals surface area (Å²) in [5, 5.41) is 6.80. The summed E-state index contributed by atoms with van der Waals surface area (Å²) in [5.41, 5.74) is 0. The second kappa shape index (κ2) is 18.2. The van der Waals surface area contributed by atoms with Crippen molar-refractivity contribution in [3.8, 4) is 0 Å². The molecule has 2 rings (SSSR count). The van der Waals surface area contributed by atoms with Gasteiger partial charge < -0.3 is 29.6 Å². The molecule has 39 heavy (non-hydrogen) atoms. The molecule has 10 nitrogen and oxygen atoms in total. The Labute approximate surface area is 233 Å². The lowest BCUT2D eigenvalue weighted by Crippen LogP contribution is -2.48. The fourth-order valence-corrected chi connectivity index (χ4v) is 6.03. The molecule has 6 atom stereocenters. The Morgan fingerprint density at radius 1 is 0.615 bits per heavy atom. The van der Waals surface area contributed by atoms with Crippen LogP contribution in [0, 0.1) is 11.8 Å². The largest absolute Gasteiger partial charge is 0.466 e. The van der Waals surface area contributed by atoms with E-state index in [9.17, 15) is 19.2 Å². The zero-order valence-corrected chi connectivity index (χ0v) is 24.3. The molecular formula is C29H50N2O8. The quantitative estimate of drug-likeness (QED) is 0.216. The van der Waals surface area contributed by atoms with Crippen molar-refractivity contribution in [2.24, 2.45) is 11.8 Å². The van der Waals surface area contributed by atoms with E-state index < -0.39 is 36.0 Å². The van der Waals surface area contributed by atoms with E-state index in [1.54, 1.807) is 27.7 Å². The van der Waals surface area contributed by atoms with E-state index in [1.165, 1.54) is 0 Å². The molecular weight excluding hydrogens is 504 g/mol. The third-order valence-electron chi connectivity index (χ3n) is 7.60. The molecule has 0 bridgehead atoms. The summed E-state index contributed by atoms with van der Waals surface area (Å²) in [6, 6.07) is -1.11. The molecule has 0 aliphatic heterocycles. The molecule has 0 saturated heterocycles. The molecule has 0 radical (unpaired) electrons. The van der Waals surface area contributed by atoms with Crippen LogP contribution in [-0.4, -0.2) is 74.5 Å². The first-order valence-electron chi connectivity index (χ1n) is 15.0. The van der Waals surface area contributed by atoms with E-state index >= 15 is 0 Å². The average Bonchev–Trinajstić information content (AvgIpc) is 2.89. The second-order valence-electron chi connectivity index (χ2n) is 10.7. The van der Waals surface area contributed by atoms with Crippen molar-refractivity contribution in [3.05, 3.63) is 0 Å². The second-order valence-corrected chi connectivity index (χ2v) is 10.7. The van der Waals surface area contributed by atoms with Gasteiger partial charge in [-0.2, -0.15) is 0 Å². The average molecular weight is 555 g/mol. The predicted octanol–water partition coefficient (Wildman–Crippen LogP) is 3.44. The van der Waals surface area contributed by atoms with Crippen molar-refractivity contribution in [2.75, 3.05) is 26.4 Å². The molecule has 224 valence electrons. The van der Waals surface area contributed by atoms with Gasteiger partial charge in [-0.25, -0.2) is 0 Å². The number of nitrogens with one attached hydrogen (secondary N) is 2. The van der Waals surface area contributed by atoms with Crippen LogP contribution in [0.4, 0.5) is 0 Å². The van der Waals surface area contributed by atoms with Gasteiger partial charge in [0.1, 0.15) is 12.1 Å². The van der Waals surface area contributed by atoms with Crippen LogP contribution in [0.3, 0.4) is 0 Å². The SMILES string of the molecule is CCOC(=O)CC(NC1CCCC(CC2CCCC(NC(CC(=O)OCC)C(=O)OCC)C2)C1)C(=O)OCC. The van der Waals surface area contributed by atoms with E-state index in [2.05, 4.69) is 10.6 Å². The number of ether oxygens (including phenoxy) is 4. The van der Waals surface area contributed by atoms with Crippen molar-refractivity contribution < 1.29 is 38.1 Å². The highest BCUT2D eigenvalue weighted by Crippen LogP contribution is 2.36. The summed E-state index contributed by atoms with van der Waals surface area (Å²) in [6.45, 7) is 8.10. The van der Waals surface area contributed by atoms with Crippen LogP contribution in [-0.2, 0) is 38.1 Å². The minimum atomic E-state index is -0.699. The van der Waals surface area contributed by atoms with E-state index in [-0.39, 0.29) is 51.4 Å². The van der Waals surface area contributed by atoms with Gasteiger partial charge >= 0.3 is 23.9 Å². The summed E-state index contributed by atoms with van der Waals surface area (Å²) in [5.74, 6) is -0.585. The van der Waals surface area contributed by atoms with Gasteiger partial charge in [-0.1, -0.05) is 25.7 Å². The molecule has 2 aliphatic rings. The molecule has 2 aliphatic carbocycles. The standard InChI is InChI=1S/C29H50N2O8/c1-5-36-26(32)18-24(28(34)38-7-3)30-22-13-9-11-20(16-22)15-21-12-10-14-23(17-21)31-25(29(35)39-8-4)19-27(33)37-6-2/h20-25,30-31H,5-19H2,1-4H3. The molecule has 10 heteroatoms. The van der Waals surface area contributed by atoms with Gasteiger partial charge in [-0.05, 0) is 71.6 Å². The van der Waals surface area contributed by atoms with E-state index in [0.717, 1.165) is 57.8 Å². The zero-order valence-electron chi connectivity index (χ0n) is 24.3. The molecule has 0 aromatic carbocycles. The van der Waals surface area contributed by atoms with Gasteiger partial charge in [0.25, 0.3) is 0 Å². The maximum Gasteiger partial charge on any atom is 0.323 e. The van der Waals surface area contributed by atoms with Gasteiger partial charge in [-0.3, -0.25) is 19.2 Å². The Kier molecular flexibility index (Phi) is 15.4. The van der Waals surface area contributed by atoms with Gasteiger partial charge in [0.15, 0.2) is 0 Å². The van der Waals surface area contributed by atoms with E-state index in [0.29, 0.717) is 11.8 Å². The summed E-state index contributed by atoms with van der Waals surface area (Å²) in [7, 11) is 0. The van der Waals surface area contributed by atoms with Gasteiger partial charge in [0.05, 0.1) is 39.3 Å². The Hall–Kier alpha value is -2.20. The van der Waals surface area contributed by atoms with Crippen LogP contribution in [0.1, 0.15) is 98.3 Å². The third kappa shape index (κ3) is 12.2. The fourth-order valence-electron chi connectivity index (χ4n) is 6.03. The number of hydrogen-bond donors (Lipinski definition) is 2. The molecule has 2 N–H and O–H groups in total. The molecule has 2 fully saturated rings. The van der Waals surface area contributed by atoms with Gasteiger partial charge in [0, 0.05) is 12.1 Å². The summed E-state index contributed by atoms with van der Waals surface area (Å²) >= 11 is 0. The number of carbonyl (C=O) groups excluding carboxylic acids is 4. The minimum Gasteiger partial charge on any atom is -0.466 e. The Balaban J connectivity index is 1.92. The lowest BCUT2D eigenvalue weighted by molar-refractivity contribution is -0.152. The monoisotopic (exact) mass is 554 g/mol. The van der Waals surface area contributed by atoms with Crippen LogP contribution in [0.5, 0.6) is 0 Å². The first-order chi connectivity index (χ1) is 18.8. The maximum absolute atomic E-state index is 12.5. The van der Waals surface area contributed by atoms with E-state index in [1.807, 2.05) is 0 Å². The predicted molar refractivity (Wildman–Crippen MR) is 146 cm³/mol. The fraction of sp³-hybridized carbons (Fsp3) is 0.862. The van der Waals surface area contributed by atoms with Crippen LogP contribution >= 0.6 is 0 Å². The topological polar surface area (TPSA) is 129 Å². The molecule has 2 saturated carbocycles. The molecule has 0 heterocycles. The maximum atomic E-state index is 12.5. The molecule has 0 amide bonds. The van der Waals surface area contributed by atoms with Crippen molar-refractivity contribution in [1.82, 2.24) is 10.6 Å². The lowest BCUT2D eigenvalue weighted by Gasteiger charge is -2.37. The number of rotatable bonds is 16. The summed E-state index contributed by atoms with van der Waals surface area (Å²) < 4.78 is 20.5. The molecule has 0 aromatic rings. The van der Waals surface area contributed by atoms with Crippen LogP contribution < -0.4 is 10.6 Å². The van der Waals surface area contributed by atoms with E-state index in [4.69, 9.17) is 18.9 Å². The number of hydrogen-bond acceptors (Lipinski definition) is 10. The highest BCUT2D eigenvalue weighted by Gasteiger charge is 2.33. The Morgan fingerprint density at radius 2 is 1.00 bits per heavy atom. The summed E-state index contributed by atoms with van der Waals surface area (Å²) in [6.07, 6.45) is 9.24. The number of carbonyl (C=O) groups is 4. The molecule has 0 spiro atoms. The number of esters is 4. The Bertz CT molecular complexity index is 714. The summed E-state index contributed by atoms with van der Waals surface area (Å²) in [4.78, 5) is 49.2. The van der Waals surface area contributed by atoms with Crippen molar-refractivity contribution in [3.63, 3.8) is 0 Å². The first-order valence-corrected chi connectivity index (χ1v) is 15.0. The highest BCUT2D eigenvalue weighted by atomic mass is 16.5. The zero-order chi connectivity index (χ0) is 28.6. The van der Waals surface area contributed by atoms with Crippen LogP contribution in [0.2, 0.25) is 0 Å². The molecule has 0 aromatic heterocycles. The van der Waals surface area contributed by atoms with Crippen LogP contribution in [0.15, 0.2) is 0 Å². The Morgan fingerprint density at radius 3 is 1.36 bits per heavy atom. The lowest BCUT2D eigenvalue weighted by atomic mass is 9.75. The first kappa shape index (κ1) is 33.0.